The van der Waals surface area contributed by atoms with Gasteiger partial charge in [-0.2, -0.15) is 0 Å². The van der Waals surface area contributed by atoms with Crippen LogP contribution in [0.25, 0.3) is 0 Å². The van der Waals surface area contributed by atoms with Gasteiger partial charge in [0.2, 0.25) is 0 Å². The largest absolute Gasteiger partial charge is 0.271 e. The second-order valence-electron chi connectivity index (χ2n) is 3.84. The first kappa shape index (κ1) is 13.6. The molecular formula is C12H11BrF2N2S. The van der Waals surface area contributed by atoms with E-state index in [1.54, 1.807) is 17.4 Å². The zero-order valence-electron chi connectivity index (χ0n) is 9.29. The van der Waals surface area contributed by atoms with E-state index in [2.05, 4.69) is 21.4 Å². The number of halogens is 3. The lowest BCUT2D eigenvalue weighted by Gasteiger charge is -2.14. The van der Waals surface area contributed by atoms with Crippen molar-refractivity contribution < 1.29 is 8.78 Å². The minimum Gasteiger partial charge on any atom is -0.271 e. The second kappa shape index (κ2) is 5.88. The first-order valence-electron chi connectivity index (χ1n) is 5.24. The van der Waals surface area contributed by atoms with Gasteiger partial charge in [-0.25, -0.2) is 8.78 Å². The van der Waals surface area contributed by atoms with Crippen LogP contribution in [0.5, 0.6) is 0 Å². The summed E-state index contributed by atoms with van der Waals surface area (Å²) in [6.07, 6.45) is 0.501. The molecule has 0 aliphatic rings. The third-order valence-corrected chi connectivity index (χ3v) is 4.36. The standard InChI is InChI=1S/C12H11BrF2N2S/c13-8-5-12(18-6-8)11(17-16)4-7-1-2-9(14)10(15)3-7/h1-3,5-6,11,17H,4,16H2. The lowest BCUT2D eigenvalue weighted by atomic mass is 10.0. The summed E-state index contributed by atoms with van der Waals surface area (Å²) in [5, 5.41) is 1.95. The minimum absolute atomic E-state index is 0.119. The summed E-state index contributed by atoms with van der Waals surface area (Å²) in [6.45, 7) is 0. The average Bonchev–Trinajstić information content (AvgIpc) is 2.77. The van der Waals surface area contributed by atoms with Crippen LogP contribution >= 0.6 is 27.3 Å². The fourth-order valence-corrected chi connectivity index (χ4v) is 3.16. The Morgan fingerprint density at radius 2 is 2.06 bits per heavy atom. The molecule has 0 bridgehead atoms. The summed E-state index contributed by atoms with van der Waals surface area (Å²) in [5.41, 5.74) is 3.38. The van der Waals surface area contributed by atoms with Gasteiger partial charge in [0.15, 0.2) is 11.6 Å². The number of nitrogens with one attached hydrogen (secondary N) is 1. The Bertz CT molecular complexity index is 545. The van der Waals surface area contributed by atoms with E-state index in [0.29, 0.717) is 12.0 Å². The monoisotopic (exact) mass is 332 g/mol. The molecule has 18 heavy (non-hydrogen) atoms. The molecule has 0 aliphatic heterocycles. The van der Waals surface area contributed by atoms with E-state index >= 15 is 0 Å². The lowest BCUT2D eigenvalue weighted by molar-refractivity contribution is 0.503. The summed E-state index contributed by atoms with van der Waals surface area (Å²) in [5.74, 6) is 3.83. The minimum atomic E-state index is -0.838. The number of hydrogen-bond donors (Lipinski definition) is 2. The van der Waals surface area contributed by atoms with E-state index in [4.69, 9.17) is 5.84 Å². The third-order valence-electron chi connectivity index (χ3n) is 2.56. The molecule has 1 unspecified atom stereocenters. The molecule has 2 nitrogen and oxygen atoms in total. The summed E-state index contributed by atoms with van der Waals surface area (Å²) < 4.78 is 26.9. The predicted molar refractivity (Wildman–Crippen MR) is 72.1 cm³/mol. The number of hydrazine groups is 1. The molecule has 6 heteroatoms. The van der Waals surface area contributed by atoms with Gasteiger partial charge in [0.25, 0.3) is 0 Å². The van der Waals surface area contributed by atoms with Gasteiger partial charge in [-0.1, -0.05) is 6.07 Å². The Morgan fingerprint density at radius 3 is 2.61 bits per heavy atom. The van der Waals surface area contributed by atoms with Crippen LogP contribution in [-0.2, 0) is 6.42 Å². The molecule has 0 saturated heterocycles. The Kier molecular flexibility index (Phi) is 4.45. The van der Waals surface area contributed by atoms with Gasteiger partial charge in [0, 0.05) is 14.7 Å². The van der Waals surface area contributed by atoms with Crippen LogP contribution in [0.2, 0.25) is 0 Å². The van der Waals surface area contributed by atoms with E-state index in [1.165, 1.54) is 6.07 Å². The van der Waals surface area contributed by atoms with Crippen LogP contribution < -0.4 is 11.3 Å². The van der Waals surface area contributed by atoms with Gasteiger partial charge in [-0.05, 0) is 46.1 Å². The molecular weight excluding hydrogens is 322 g/mol. The Labute approximate surface area is 116 Å². The van der Waals surface area contributed by atoms with Crippen LogP contribution in [0.4, 0.5) is 8.78 Å². The van der Waals surface area contributed by atoms with Gasteiger partial charge >= 0.3 is 0 Å². The summed E-state index contributed by atoms with van der Waals surface area (Å²) in [6, 6.07) is 5.72. The number of thiophene rings is 1. The van der Waals surface area contributed by atoms with E-state index in [0.717, 1.165) is 15.4 Å². The maximum Gasteiger partial charge on any atom is 0.159 e. The van der Waals surface area contributed by atoms with Crippen molar-refractivity contribution in [2.75, 3.05) is 0 Å². The van der Waals surface area contributed by atoms with Crippen LogP contribution in [0.3, 0.4) is 0 Å². The van der Waals surface area contributed by atoms with Gasteiger partial charge in [-0.15, -0.1) is 11.3 Å². The smallest absolute Gasteiger partial charge is 0.159 e. The van der Waals surface area contributed by atoms with Crippen molar-refractivity contribution in [3.63, 3.8) is 0 Å². The van der Waals surface area contributed by atoms with Gasteiger partial charge in [-0.3, -0.25) is 11.3 Å². The highest BCUT2D eigenvalue weighted by atomic mass is 79.9. The lowest BCUT2D eigenvalue weighted by Crippen LogP contribution is -2.29. The van der Waals surface area contributed by atoms with Crippen molar-refractivity contribution >= 4 is 27.3 Å². The Hall–Kier alpha value is -0.820. The molecule has 2 rings (SSSR count). The molecule has 1 aromatic heterocycles. The zero-order valence-corrected chi connectivity index (χ0v) is 11.7. The SMILES string of the molecule is NNC(Cc1ccc(F)c(F)c1)c1cc(Br)cs1. The molecule has 1 atom stereocenters. The van der Waals surface area contributed by atoms with Crippen molar-refractivity contribution in [2.45, 2.75) is 12.5 Å². The molecule has 96 valence electrons. The fourth-order valence-electron chi connectivity index (χ4n) is 1.65. The highest BCUT2D eigenvalue weighted by Crippen LogP contribution is 2.27. The van der Waals surface area contributed by atoms with Gasteiger partial charge in [0.05, 0.1) is 6.04 Å². The Balaban J connectivity index is 2.17. The highest BCUT2D eigenvalue weighted by molar-refractivity contribution is 9.10. The van der Waals surface area contributed by atoms with Crippen molar-refractivity contribution in [1.82, 2.24) is 5.43 Å². The Morgan fingerprint density at radius 1 is 1.28 bits per heavy atom. The van der Waals surface area contributed by atoms with Crippen LogP contribution in [0, 0.1) is 11.6 Å². The molecule has 0 amide bonds. The predicted octanol–water partition coefficient (Wildman–Crippen LogP) is 3.54. The molecule has 0 fully saturated rings. The number of hydrogen-bond acceptors (Lipinski definition) is 3. The normalized spacial score (nSPS) is 12.7. The van der Waals surface area contributed by atoms with E-state index in [1.807, 2.05) is 11.4 Å². The van der Waals surface area contributed by atoms with Crippen LogP contribution in [0.15, 0.2) is 34.1 Å². The zero-order chi connectivity index (χ0) is 13.1. The maximum atomic E-state index is 13.1. The van der Waals surface area contributed by atoms with Crippen molar-refractivity contribution in [3.05, 3.63) is 56.2 Å². The number of rotatable bonds is 4. The summed E-state index contributed by atoms with van der Waals surface area (Å²) >= 11 is 4.92. The molecule has 0 radical (unpaired) electrons. The van der Waals surface area contributed by atoms with E-state index < -0.39 is 11.6 Å². The summed E-state index contributed by atoms with van der Waals surface area (Å²) in [7, 11) is 0. The molecule has 0 aliphatic carbocycles. The quantitative estimate of drug-likeness (QED) is 0.663. The number of benzene rings is 1. The highest BCUT2D eigenvalue weighted by Gasteiger charge is 2.14. The topological polar surface area (TPSA) is 38.0 Å². The van der Waals surface area contributed by atoms with Crippen LogP contribution in [0.1, 0.15) is 16.5 Å². The maximum absolute atomic E-state index is 13.1. The van der Waals surface area contributed by atoms with E-state index in [9.17, 15) is 8.78 Å². The van der Waals surface area contributed by atoms with E-state index in [-0.39, 0.29) is 6.04 Å². The van der Waals surface area contributed by atoms with Crippen molar-refractivity contribution in [3.8, 4) is 0 Å². The second-order valence-corrected chi connectivity index (χ2v) is 5.70. The van der Waals surface area contributed by atoms with Crippen molar-refractivity contribution in [2.24, 2.45) is 5.84 Å². The molecule has 2 aromatic rings. The first-order valence-corrected chi connectivity index (χ1v) is 6.91. The average molecular weight is 333 g/mol. The van der Waals surface area contributed by atoms with Gasteiger partial charge in [0.1, 0.15) is 0 Å². The number of nitrogens with two attached hydrogens (primary N) is 1. The molecule has 1 heterocycles. The molecule has 0 saturated carbocycles. The van der Waals surface area contributed by atoms with Crippen LogP contribution in [-0.4, -0.2) is 0 Å². The molecule has 1 aromatic carbocycles. The fraction of sp³-hybridized carbons (Fsp3) is 0.167. The van der Waals surface area contributed by atoms with Crippen molar-refractivity contribution in [1.29, 1.82) is 0 Å². The third kappa shape index (κ3) is 3.14. The molecule has 3 N–H and O–H groups in total. The summed E-state index contributed by atoms with van der Waals surface area (Å²) in [4.78, 5) is 1.04. The molecule has 0 spiro atoms. The van der Waals surface area contributed by atoms with Gasteiger partial charge < -0.3 is 0 Å². The first-order chi connectivity index (χ1) is 8.60.